The van der Waals surface area contributed by atoms with Gasteiger partial charge in [-0.2, -0.15) is 0 Å². The Morgan fingerprint density at radius 1 is 1.42 bits per heavy atom. The second kappa shape index (κ2) is 5.61. The molecule has 1 N–H and O–H groups in total. The van der Waals surface area contributed by atoms with E-state index in [1.807, 2.05) is 32.0 Å². The summed E-state index contributed by atoms with van der Waals surface area (Å²) in [7, 11) is 4.05. The molecule has 1 unspecified atom stereocenters. The van der Waals surface area contributed by atoms with Crippen LogP contribution in [-0.2, 0) is 4.79 Å². The van der Waals surface area contributed by atoms with Crippen LogP contribution in [0.5, 0.6) is 0 Å². The van der Waals surface area contributed by atoms with Crippen molar-refractivity contribution in [1.29, 1.82) is 0 Å². The molecule has 0 saturated carbocycles. The van der Waals surface area contributed by atoms with Crippen molar-refractivity contribution in [1.82, 2.24) is 5.32 Å². The molecule has 1 aliphatic rings. The van der Waals surface area contributed by atoms with Gasteiger partial charge >= 0.3 is 0 Å². The van der Waals surface area contributed by atoms with E-state index in [9.17, 15) is 4.79 Å². The minimum Gasteiger partial charge on any atom is -0.377 e. The lowest BCUT2D eigenvalue weighted by atomic mass is 10.1. The summed E-state index contributed by atoms with van der Waals surface area (Å²) in [6.07, 6.45) is 0.887. The van der Waals surface area contributed by atoms with Gasteiger partial charge in [0.1, 0.15) is 0 Å². The van der Waals surface area contributed by atoms with Crippen molar-refractivity contribution in [3.05, 3.63) is 23.8 Å². The first-order chi connectivity index (χ1) is 9.04. The van der Waals surface area contributed by atoms with Gasteiger partial charge in [0.15, 0.2) is 0 Å². The molecule has 1 heterocycles. The summed E-state index contributed by atoms with van der Waals surface area (Å²) < 4.78 is 0. The van der Waals surface area contributed by atoms with Gasteiger partial charge in [0.25, 0.3) is 0 Å². The topological polar surface area (TPSA) is 35.6 Å². The van der Waals surface area contributed by atoms with E-state index in [0.29, 0.717) is 0 Å². The van der Waals surface area contributed by atoms with Gasteiger partial charge in [-0.25, -0.2) is 0 Å². The Labute approximate surface area is 115 Å². The van der Waals surface area contributed by atoms with Gasteiger partial charge in [-0.1, -0.05) is 13.0 Å². The first-order valence-electron chi connectivity index (χ1n) is 6.87. The van der Waals surface area contributed by atoms with Crippen LogP contribution in [-0.4, -0.2) is 39.1 Å². The van der Waals surface area contributed by atoms with Crippen LogP contribution >= 0.6 is 0 Å². The highest BCUT2D eigenvalue weighted by Gasteiger charge is 2.31. The molecular weight excluding hydrogens is 238 g/mol. The number of nitrogens with one attached hydrogen (secondary N) is 1. The lowest BCUT2D eigenvalue weighted by Gasteiger charge is -2.21. The fourth-order valence-corrected chi connectivity index (χ4v) is 2.62. The van der Waals surface area contributed by atoms with E-state index in [1.165, 1.54) is 5.56 Å². The number of benzene rings is 1. The van der Waals surface area contributed by atoms with Crippen LogP contribution in [0.25, 0.3) is 0 Å². The largest absolute Gasteiger partial charge is 0.377 e. The summed E-state index contributed by atoms with van der Waals surface area (Å²) in [6.45, 7) is 5.76. The second-order valence-corrected chi connectivity index (χ2v) is 5.25. The Kier molecular flexibility index (Phi) is 4.10. The minimum absolute atomic E-state index is 0.0193. The predicted molar refractivity (Wildman–Crippen MR) is 79.9 cm³/mol. The maximum atomic E-state index is 12.3. The van der Waals surface area contributed by atoms with Gasteiger partial charge in [0, 0.05) is 32.0 Å². The highest BCUT2D eigenvalue weighted by molar-refractivity contribution is 5.99. The molecular formula is C15H23N3O. The van der Waals surface area contributed by atoms with Gasteiger partial charge in [-0.05, 0) is 37.6 Å². The monoisotopic (exact) mass is 261 g/mol. The molecule has 1 saturated heterocycles. The first-order valence-corrected chi connectivity index (χ1v) is 6.87. The molecule has 1 atom stereocenters. The van der Waals surface area contributed by atoms with Crippen LogP contribution in [0.2, 0.25) is 0 Å². The van der Waals surface area contributed by atoms with Gasteiger partial charge in [0.05, 0.1) is 6.04 Å². The van der Waals surface area contributed by atoms with Crippen LogP contribution in [0.15, 0.2) is 18.2 Å². The second-order valence-electron chi connectivity index (χ2n) is 5.25. The molecule has 0 aromatic heterocycles. The molecule has 1 aromatic rings. The number of carbonyl (C=O) groups excluding carboxylic acids is 1. The number of aryl methyl sites for hydroxylation is 1. The number of likely N-dealkylation sites (N-methyl/N-ethyl adjacent to an activating group) is 1. The Bertz CT molecular complexity index is 470. The number of nitrogens with zero attached hydrogens (tertiary/aromatic N) is 2. The van der Waals surface area contributed by atoms with Crippen molar-refractivity contribution in [2.45, 2.75) is 26.3 Å². The molecule has 0 bridgehead atoms. The summed E-state index contributed by atoms with van der Waals surface area (Å²) >= 11 is 0. The number of anilines is 2. The van der Waals surface area contributed by atoms with Crippen molar-refractivity contribution < 1.29 is 4.79 Å². The van der Waals surface area contributed by atoms with Crippen molar-refractivity contribution in [2.75, 3.05) is 37.0 Å². The number of hydrogen-bond acceptors (Lipinski definition) is 3. The summed E-state index contributed by atoms with van der Waals surface area (Å²) in [5, 5.41) is 3.24. The molecule has 1 amide bonds. The molecule has 0 radical (unpaired) electrons. The van der Waals surface area contributed by atoms with E-state index in [1.54, 1.807) is 0 Å². The van der Waals surface area contributed by atoms with Crippen LogP contribution < -0.4 is 15.1 Å². The zero-order valence-electron chi connectivity index (χ0n) is 12.2. The van der Waals surface area contributed by atoms with Crippen molar-refractivity contribution in [3.8, 4) is 0 Å². The lowest BCUT2D eigenvalue weighted by Crippen LogP contribution is -2.38. The number of rotatable bonds is 4. The highest BCUT2D eigenvalue weighted by Crippen LogP contribution is 2.28. The Balaban J connectivity index is 2.24. The maximum absolute atomic E-state index is 12.3. The third kappa shape index (κ3) is 2.73. The average Bonchev–Trinajstić information content (AvgIpc) is 2.72. The zero-order valence-corrected chi connectivity index (χ0v) is 12.2. The standard InChI is InChI=1S/C15H23N3O/c1-5-16-13-8-9-18(15(13)19)12-7-6-11(2)14(10-12)17(3)4/h6-7,10,13,16H,5,8-9H2,1-4H3. The van der Waals surface area contributed by atoms with Crippen molar-refractivity contribution in [2.24, 2.45) is 0 Å². The fraction of sp³-hybridized carbons (Fsp3) is 0.533. The molecule has 0 spiro atoms. The summed E-state index contributed by atoms with van der Waals surface area (Å²) in [4.78, 5) is 16.3. The number of hydrogen-bond donors (Lipinski definition) is 1. The van der Waals surface area contributed by atoms with E-state index >= 15 is 0 Å². The SMILES string of the molecule is CCNC1CCN(c2ccc(C)c(N(C)C)c2)C1=O. The first kappa shape index (κ1) is 13.9. The van der Waals surface area contributed by atoms with E-state index in [-0.39, 0.29) is 11.9 Å². The quantitative estimate of drug-likeness (QED) is 0.897. The molecule has 4 heteroatoms. The molecule has 4 nitrogen and oxygen atoms in total. The van der Waals surface area contributed by atoms with Gasteiger partial charge in [-0.15, -0.1) is 0 Å². The summed E-state index contributed by atoms with van der Waals surface area (Å²) in [5.41, 5.74) is 3.39. The van der Waals surface area contributed by atoms with Gasteiger partial charge < -0.3 is 15.1 Å². The lowest BCUT2D eigenvalue weighted by molar-refractivity contribution is -0.118. The van der Waals surface area contributed by atoms with Crippen LogP contribution in [0, 0.1) is 6.92 Å². The van der Waals surface area contributed by atoms with E-state index in [4.69, 9.17) is 0 Å². The molecule has 1 fully saturated rings. The third-order valence-electron chi connectivity index (χ3n) is 3.64. The Hall–Kier alpha value is -1.55. The molecule has 2 rings (SSSR count). The van der Waals surface area contributed by atoms with Crippen LogP contribution in [0.3, 0.4) is 0 Å². The number of carbonyl (C=O) groups is 1. The minimum atomic E-state index is -0.0193. The van der Waals surface area contributed by atoms with Gasteiger partial charge in [-0.3, -0.25) is 4.79 Å². The molecule has 104 valence electrons. The highest BCUT2D eigenvalue weighted by atomic mass is 16.2. The fourth-order valence-electron chi connectivity index (χ4n) is 2.62. The summed E-state index contributed by atoms with van der Waals surface area (Å²) in [6, 6.07) is 6.20. The molecule has 1 aliphatic heterocycles. The van der Waals surface area contributed by atoms with Crippen LogP contribution in [0.1, 0.15) is 18.9 Å². The normalized spacial score (nSPS) is 19.1. The zero-order chi connectivity index (χ0) is 14.0. The maximum Gasteiger partial charge on any atom is 0.244 e. The van der Waals surface area contributed by atoms with E-state index in [0.717, 1.165) is 30.9 Å². The third-order valence-corrected chi connectivity index (χ3v) is 3.64. The Morgan fingerprint density at radius 3 is 2.79 bits per heavy atom. The molecule has 19 heavy (non-hydrogen) atoms. The molecule has 1 aromatic carbocycles. The van der Waals surface area contributed by atoms with Crippen LogP contribution in [0.4, 0.5) is 11.4 Å². The number of amides is 1. The predicted octanol–water partition coefficient (Wildman–Crippen LogP) is 1.78. The summed E-state index contributed by atoms with van der Waals surface area (Å²) in [5.74, 6) is 0.190. The van der Waals surface area contributed by atoms with Crippen molar-refractivity contribution in [3.63, 3.8) is 0 Å². The van der Waals surface area contributed by atoms with E-state index < -0.39 is 0 Å². The van der Waals surface area contributed by atoms with Gasteiger partial charge in [0.2, 0.25) is 5.91 Å². The average molecular weight is 261 g/mol. The van der Waals surface area contributed by atoms with E-state index in [2.05, 4.69) is 29.3 Å². The Morgan fingerprint density at radius 2 is 2.16 bits per heavy atom. The van der Waals surface area contributed by atoms with Crippen molar-refractivity contribution >= 4 is 17.3 Å². The smallest absolute Gasteiger partial charge is 0.244 e. The molecule has 0 aliphatic carbocycles.